The third-order valence-electron chi connectivity index (χ3n) is 7.48. The van der Waals surface area contributed by atoms with E-state index in [4.69, 9.17) is 28.9 Å². The fourth-order valence-corrected chi connectivity index (χ4v) is 6.08. The van der Waals surface area contributed by atoms with Gasteiger partial charge in [0.15, 0.2) is 11.4 Å². The standard InChI is InChI=1S/C26H21Cl2NO8/c27-13-5-4-9(7-14(13)28)6-11-10-2-1-3-15(30)17(10)22(33)20-18(11)21(32)12-8-16(31)19(25(29)36)23(34)26(12,37)24(20)35/h1-7,12,16,18-19,21,30-33,37H,8H2,(H2,29,36)/b11-6+/t12-,16?,18-,19?,21-,26-/m1/s1. The molecule has 0 bridgehead atoms. The highest BCUT2D eigenvalue weighted by Gasteiger charge is 2.67. The van der Waals surface area contributed by atoms with Crippen LogP contribution in [0.25, 0.3) is 17.4 Å². The van der Waals surface area contributed by atoms with Crippen molar-refractivity contribution >= 4 is 58.1 Å². The summed E-state index contributed by atoms with van der Waals surface area (Å²) in [7, 11) is 0. The second-order valence-corrected chi connectivity index (χ2v) is 10.3. The Labute approximate surface area is 220 Å². The van der Waals surface area contributed by atoms with Crippen LogP contribution < -0.4 is 5.73 Å². The lowest BCUT2D eigenvalue weighted by Crippen LogP contribution is -2.70. The van der Waals surface area contributed by atoms with Crippen LogP contribution in [0.3, 0.4) is 0 Å². The average Bonchev–Trinajstić information content (AvgIpc) is 2.83. The molecule has 0 heterocycles. The number of carbonyl (C=O) groups excluding carboxylic acids is 3. The van der Waals surface area contributed by atoms with Gasteiger partial charge in [-0.3, -0.25) is 14.4 Å². The van der Waals surface area contributed by atoms with Gasteiger partial charge in [0.05, 0.1) is 33.4 Å². The first kappa shape index (κ1) is 25.4. The number of hydrogen-bond acceptors (Lipinski definition) is 8. The molecule has 3 aliphatic rings. The molecular formula is C26H21Cl2NO8. The highest BCUT2D eigenvalue weighted by Crippen LogP contribution is 2.55. The number of carbonyl (C=O) groups is 3. The van der Waals surface area contributed by atoms with Crippen LogP contribution in [0.2, 0.25) is 10.0 Å². The van der Waals surface area contributed by atoms with Crippen LogP contribution in [-0.4, -0.2) is 60.8 Å². The number of phenolic OH excluding ortho intramolecular Hbond substituents is 1. The quantitative estimate of drug-likeness (QED) is 0.309. The smallest absolute Gasteiger partial charge is 0.230 e. The van der Waals surface area contributed by atoms with Gasteiger partial charge in [0, 0.05) is 11.8 Å². The number of nitrogens with two attached hydrogens (primary N) is 1. The van der Waals surface area contributed by atoms with Crippen molar-refractivity contribution < 1.29 is 39.9 Å². The van der Waals surface area contributed by atoms with E-state index >= 15 is 0 Å². The third-order valence-corrected chi connectivity index (χ3v) is 8.22. The minimum atomic E-state index is -2.94. The van der Waals surface area contributed by atoms with Gasteiger partial charge in [-0.25, -0.2) is 0 Å². The van der Waals surface area contributed by atoms with E-state index < -0.39 is 76.5 Å². The van der Waals surface area contributed by atoms with Crippen LogP contribution in [0.1, 0.15) is 23.1 Å². The molecular weight excluding hydrogens is 525 g/mol. The Balaban J connectivity index is 1.78. The SMILES string of the molecule is NC(=O)C1C(=O)[C@@]2(O)C(=O)C3=C(O)c4c(O)cccc4/C(=C\c4ccc(Cl)c(Cl)c4)[C@H]3[C@H](O)[C@H]2CC1O. The normalized spacial score (nSPS) is 32.1. The lowest BCUT2D eigenvalue weighted by Gasteiger charge is -2.51. The van der Waals surface area contributed by atoms with Crippen molar-refractivity contribution in [3.05, 3.63) is 68.7 Å². The summed E-state index contributed by atoms with van der Waals surface area (Å²) in [5, 5.41) is 55.7. The van der Waals surface area contributed by atoms with Crippen molar-refractivity contribution in [2.24, 2.45) is 23.5 Å². The number of ketones is 2. The molecule has 2 fully saturated rings. The van der Waals surface area contributed by atoms with Crippen molar-refractivity contribution in [1.82, 2.24) is 0 Å². The van der Waals surface area contributed by atoms with Crippen molar-refractivity contribution in [1.29, 1.82) is 0 Å². The maximum Gasteiger partial charge on any atom is 0.230 e. The number of benzene rings is 2. The Kier molecular flexibility index (Phi) is 5.97. The van der Waals surface area contributed by atoms with Gasteiger partial charge in [-0.1, -0.05) is 47.5 Å². The number of Topliss-reactive ketones (excluding diaryl/α,β-unsaturated/α-hetero) is 2. The first-order valence-corrected chi connectivity index (χ1v) is 12.0. The fraction of sp³-hybridized carbons (Fsp3) is 0.269. The lowest BCUT2D eigenvalue weighted by molar-refractivity contribution is -0.184. The highest BCUT2D eigenvalue weighted by atomic mass is 35.5. The maximum atomic E-state index is 13.8. The van der Waals surface area contributed by atoms with Crippen LogP contribution in [0.15, 0.2) is 42.0 Å². The maximum absolute atomic E-state index is 13.8. The molecule has 9 nitrogen and oxygen atoms in total. The van der Waals surface area contributed by atoms with E-state index in [2.05, 4.69) is 0 Å². The molecule has 5 rings (SSSR count). The first-order valence-electron chi connectivity index (χ1n) is 11.3. The Hall–Kier alpha value is -3.21. The van der Waals surface area contributed by atoms with E-state index in [1.807, 2.05) is 0 Å². The van der Waals surface area contributed by atoms with Gasteiger partial charge in [0.25, 0.3) is 0 Å². The summed E-state index contributed by atoms with van der Waals surface area (Å²) >= 11 is 12.2. The van der Waals surface area contributed by atoms with Gasteiger partial charge in [-0.15, -0.1) is 0 Å². The monoisotopic (exact) mass is 545 g/mol. The zero-order chi connectivity index (χ0) is 27.0. The van der Waals surface area contributed by atoms with Gasteiger partial charge in [0.1, 0.15) is 17.4 Å². The average molecular weight is 546 g/mol. The van der Waals surface area contributed by atoms with Gasteiger partial charge in [-0.2, -0.15) is 0 Å². The molecule has 0 saturated heterocycles. The van der Waals surface area contributed by atoms with Crippen LogP contribution in [0.4, 0.5) is 0 Å². The lowest BCUT2D eigenvalue weighted by atomic mass is 9.54. The molecule has 0 radical (unpaired) electrons. The van der Waals surface area contributed by atoms with Crippen molar-refractivity contribution in [2.45, 2.75) is 24.2 Å². The van der Waals surface area contributed by atoms with E-state index in [1.54, 1.807) is 18.2 Å². The Morgan fingerprint density at radius 1 is 1.08 bits per heavy atom. The number of fused-ring (bicyclic) bond motifs is 3. The summed E-state index contributed by atoms with van der Waals surface area (Å²) in [5.74, 6) is -9.63. The third kappa shape index (κ3) is 3.53. The molecule has 11 heteroatoms. The van der Waals surface area contributed by atoms with Crippen molar-refractivity contribution in [2.75, 3.05) is 0 Å². The summed E-state index contributed by atoms with van der Waals surface area (Å²) in [6, 6.07) is 9.05. The summed E-state index contributed by atoms with van der Waals surface area (Å²) < 4.78 is 0. The molecule has 0 aliphatic heterocycles. The highest BCUT2D eigenvalue weighted by molar-refractivity contribution is 6.42. The molecule has 6 atom stereocenters. The summed E-state index contributed by atoms with van der Waals surface area (Å²) in [6.07, 6.45) is -2.22. The second-order valence-electron chi connectivity index (χ2n) is 9.45. The summed E-state index contributed by atoms with van der Waals surface area (Å²) in [4.78, 5) is 38.9. The zero-order valence-electron chi connectivity index (χ0n) is 18.9. The van der Waals surface area contributed by atoms with E-state index in [-0.39, 0.29) is 21.7 Å². The molecule has 3 aliphatic carbocycles. The molecule has 1 amide bonds. The molecule has 37 heavy (non-hydrogen) atoms. The Bertz CT molecular complexity index is 1450. The van der Waals surface area contributed by atoms with Crippen LogP contribution in [-0.2, 0) is 14.4 Å². The number of phenols is 1. The predicted octanol–water partition coefficient (Wildman–Crippen LogP) is 1.86. The number of hydrogen-bond donors (Lipinski definition) is 6. The molecule has 0 spiro atoms. The van der Waals surface area contributed by atoms with Crippen LogP contribution in [0, 0.1) is 17.8 Å². The van der Waals surface area contributed by atoms with E-state index in [1.165, 1.54) is 24.3 Å². The Morgan fingerprint density at radius 2 is 1.78 bits per heavy atom. The van der Waals surface area contributed by atoms with Gasteiger partial charge >= 0.3 is 0 Å². The largest absolute Gasteiger partial charge is 0.507 e. The fourth-order valence-electron chi connectivity index (χ4n) is 5.77. The minimum absolute atomic E-state index is 0.141. The second kappa shape index (κ2) is 8.68. The molecule has 2 aromatic rings. The number of rotatable bonds is 2. The van der Waals surface area contributed by atoms with E-state index in [9.17, 15) is 39.9 Å². The number of aliphatic hydroxyl groups excluding tert-OH is 3. The first-order chi connectivity index (χ1) is 17.4. The Morgan fingerprint density at radius 3 is 2.43 bits per heavy atom. The predicted molar refractivity (Wildman–Crippen MR) is 133 cm³/mol. The number of amides is 1. The number of aliphatic hydroxyl groups is 4. The van der Waals surface area contributed by atoms with E-state index in [0.29, 0.717) is 10.6 Å². The van der Waals surface area contributed by atoms with Gasteiger partial charge in [-0.05, 0) is 41.3 Å². The molecule has 192 valence electrons. The van der Waals surface area contributed by atoms with Crippen molar-refractivity contribution in [3.8, 4) is 5.75 Å². The van der Waals surface area contributed by atoms with Gasteiger partial charge < -0.3 is 31.3 Å². The minimum Gasteiger partial charge on any atom is -0.507 e. The number of aromatic hydroxyl groups is 1. The number of primary amides is 1. The molecule has 2 aromatic carbocycles. The van der Waals surface area contributed by atoms with Crippen LogP contribution in [0.5, 0.6) is 5.75 Å². The van der Waals surface area contributed by atoms with Crippen molar-refractivity contribution in [3.63, 3.8) is 0 Å². The molecule has 0 aromatic heterocycles. The van der Waals surface area contributed by atoms with E-state index in [0.717, 1.165) is 0 Å². The van der Waals surface area contributed by atoms with Gasteiger partial charge in [0.2, 0.25) is 11.7 Å². The molecule has 2 saturated carbocycles. The zero-order valence-corrected chi connectivity index (χ0v) is 20.4. The van der Waals surface area contributed by atoms with Crippen LogP contribution >= 0.6 is 23.2 Å². The summed E-state index contributed by atoms with van der Waals surface area (Å²) in [6.45, 7) is 0. The number of halogens is 2. The summed E-state index contributed by atoms with van der Waals surface area (Å²) in [5.41, 5.74) is 2.73. The molecule has 2 unspecified atom stereocenters. The molecule has 7 N–H and O–H groups in total. The topological polar surface area (TPSA) is 178 Å².